The van der Waals surface area contributed by atoms with Crippen molar-refractivity contribution in [3.8, 4) is 5.95 Å². The molecule has 2 aromatic heterocycles. The minimum Gasteiger partial charge on any atom is -0.399 e. The smallest absolute Gasteiger partial charge is 0.239 e. The molecule has 0 aliphatic rings. The van der Waals surface area contributed by atoms with Gasteiger partial charge in [0.2, 0.25) is 11.8 Å². The first-order valence-electron chi connectivity index (χ1n) is 8.34. The van der Waals surface area contributed by atoms with Crippen LogP contribution < -0.4 is 16.8 Å². The molecule has 0 amide bonds. The number of nitrogen functional groups attached to an aromatic ring is 2. The van der Waals surface area contributed by atoms with Gasteiger partial charge in [0.25, 0.3) is 0 Å². The molecule has 0 unspecified atom stereocenters. The third-order valence-electron chi connectivity index (χ3n) is 4.23. The zero-order valence-electron chi connectivity index (χ0n) is 14.9. The molecule has 7 nitrogen and oxygen atoms in total. The van der Waals surface area contributed by atoms with Gasteiger partial charge in [0.05, 0.1) is 11.0 Å². The number of hydrogen-bond donors (Lipinski definition) is 3. The van der Waals surface area contributed by atoms with Crippen molar-refractivity contribution < 1.29 is 4.39 Å². The van der Waals surface area contributed by atoms with Gasteiger partial charge in [-0.15, -0.1) is 0 Å². The number of imidazole rings is 1. The average Bonchev–Trinajstić information content (AvgIpc) is 2.95. The normalized spacial score (nSPS) is 11.1. The van der Waals surface area contributed by atoms with Crippen molar-refractivity contribution >= 4 is 34.0 Å². The first-order valence-corrected chi connectivity index (χ1v) is 8.34. The summed E-state index contributed by atoms with van der Waals surface area (Å²) in [5.74, 6) is -0.107. The van der Waals surface area contributed by atoms with E-state index in [9.17, 15) is 4.39 Å². The SMILES string of the molecule is Cc1ccc(Nc2nc(-n3c(C)nc4ccc(N)cc43)nc(N)c2F)cc1. The Morgan fingerprint density at radius 1 is 0.963 bits per heavy atom. The summed E-state index contributed by atoms with van der Waals surface area (Å²) in [6.45, 7) is 3.79. The highest BCUT2D eigenvalue weighted by Gasteiger charge is 2.17. The van der Waals surface area contributed by atoms with Gasteiger partial charge in [-0.1, -0.05) is 17.7 Å². The Hall–Kier alpha value is -3.68. The van der Waals surface area contributed by atoms with Crippen molar-refractivity contribution in [2.45, 2.75) is 13.8 Å². The van der Waals surface area contributed by atoms with Crippen LogP contribution in [0, 0.1) is 19.7 Å². The topological polar surface area (TPSA) is 108 Å². The number of aromatic nitrogens is 4. The Balaban J connectivity index is 1.85. The minimum atomic E-state index is -0.707. The van der Waals surface area contributed by atoms with E-state index in [1.807, 2.05) is 44.2 Å². The summed E-state index contributed by atoms with van der Waals surface area (Å²) in [5, 5.41) is 2.96. The molecule has 136 valence electrons. The number of aryl methyl sites for hydroxylation is 2. The van der Waals surface area contributed by atoms with E-state index in [2.05, 4.69) is 20.3 Å². The fourth-order valence-corrected chi connectivity index (χ4v) is 2.87. The highest BCUT2D eigenvalue weighted by molar-refractivity contribution is 5.81. The summed E-state index contributed by atoms with van der Waals surface area (Å²) in [5.41, 5.74) is 15.5. The summed E-state index contributed by atoms with van der Waals surface area (Å²) in [6.07, 6.45) is 0. The third-order valence-corrected chi connectivity index (χ3v) is 4.23. The standard InChI is InChI=1S/C19H18FN7/c1-10-3-6-13(7-4-10)24-18-16(20)17(22)25-19(26-18)27-11(2)23-14-8-5-12(21)9-15(14)27/h3-9H,21H2,1-2H3,(H3,22,24,25,26). The summed E-state index contributed by atoms with van der Waals surface area (Å²) >= 11 is 0. The van der Waals surface area contributed by atoms with Crippen LogP contribution in [0.3, 0.4) is 0 Å². The van der Waals surface area contributed by atoms with Gasteiger partial charge in [0, 0.05) is 11.4 Å². The zero-order valence-corrected chi connectivity index (χ0v) is 14.9. The predicted octanol–water partition coefficient (Wildman–Crippen LogP) is 3.48. The largest absolute Gasteiger partial charge is 0.399 e. The molecule has 5 N–H and O–H groups in total. The Morgan fingerprint density at radius 2 is 1.70 bits per heavy atom. The third kappa shape index (κ3) is 3.01. The van der Waals surface area contributed by atoms with Gasteiger partial charge in [-0.05, 0) is 44.2 Å². The van der Waals surface area contributed by atoms with E-state index in [0.29, 0.717) is 17.2 Å². The first kappa shape index (κ1) is 16.8. The van der Waals surface area contributed by atoms with Crippen molar-refractivity contribution in [3.05, 3.63) is 59.7 Å². The molecule has 8 heteroatoms. The number of anilines is 4. The van der Waals surface area contributed by atoms with Crippen LogP contribution in [0.5, 0.6) is 0 Å². The van der Waals surface area contributed by atoms with Crippen LogP contribution in [0.1, 0.15) is 11.4 Å². The summed E-state index contributed by atoms with van der Waals surface area (Å²) in [4.78, 5) is 12.9. The number of rotatable bonds is 3. The van der Waals surface area contributed by atoms with Crippen LogP contribution in [0.25, 0.3) is 17.0 Å². The number of nitrogens with one attached hydrogen (secondary N) is 1. The molecule has 27 heavy (non-hydrogen) atoms. The molecule has 0 spiro atoms. The second-order valence-electron chi connectivity index (χ2n) is 6.31. The Kier molecular flexibility index (Phi) is 3.88. The molecular formula is C19H18FN7. The molecule has 2 heterocycles. The van der Waals surface area contributed by atoms with Crippen molar-refractivity contribution in [3.63, 3.8) is 0 Å². The van der Waals surface area contributed by atoms with Crippen molar-refractivity contribution in [1.82, 2.24) is 19.5 Å². The summed E-state index contributed by atoms with van der Waals surface area (Å²) in [6, 6.07) is 12.9. The number of fused-ring (bicyclic) bond motifs is 1. The fraction of sp³-hybridized carbons (Fsp3) is 0.105. The van der Waals surface area contributed by atoms with Gasteiger partial charge in [0.1, 0.15) is 5.82 Å². The van der Waals surface area contributed by atoms with E-state index in [1.54, 1.807) is 16.7 Å². The van der Waals surface area contributed by atoms with Crippen LogP contribution in [0.2, 0.25) is 0 Å². The van der Waals surface area contributed by atoms with Crippen molar-refractivity contribution in [2.24, 2.45) is 0 Å². The Bertz CT molecular complexity index is 1150. The van der Waals surface area contributed by atoms with E-state index in [1.165, 1.54) is 0 Å². The van der Waals surface area contributed by atoms with E-state index in [-0.39, 0.29) is 17.6 Å². The second kappa shape index (κ2) is 6.24. The van der Waals surface area contributed by atoms with E-state index >= 15 is 0 Å². The number of hydrogen-bond acceptors (Lipinski definition) is 6. The quantitative estimate of drug-likeness (QED) is 0.481. The molecule has 0 saturated heterocycles. The predicted molar refractivity (Wildman–Crippen MR) is 105 cm³/mol. The summed E-state index contributed by atoms with van der Waals surface area (Å²) < 4.78 is 16.2. The van der Waals surface area contributed by atoms with Gasteiger partial charge in [-0.2, -0.15) is 14.4 Å². The van der Waals surface area contributed by atoms with Gasteiger partial charge in [0.15, 0.2) is 11.6 Å². The van der Waals surface area contributed by atoms with E-state index in [4.69, 9.17) is 11.5 Å². The van der Waals surface area contributed by atoms with Gasteiger partial charge in [-0.3, -0.25) is 4.57 Å². The zero-order chi connectivity index (χ0) is 19.1. The molecule has 0 saturated carbocycles. The molecular weight excluding hydrogens is 345 g/mol. The highest BCUT2D eigenvalue weighted by Crippen LogP contribution is 2.26. The number of benzene rings is 2. The van der Waals surface area contributed by atoms with Crippen LogP contribution in [0.15, 0.2) is 42.5 Å². The maximum Gasteiger partial charge on any atom is 0.239 e. The maximum atomic E-state index is 14.5. The van der Waals surface area contributed by atoms with Crippen molar-refractivity contribution in [1.29, 1.82) is 0 Å². The van der Waals surface area contributed by atoms with E-state index in [0.717, 1.165) is 16.6 Å². The number of nitrogens with zero attached hydrogens (tertiary/aromatic N) is 4. The average molecular weight is 363 g/mol. The van der Waals surface area contributed by atoms with Gasteiger partial charge in [-0.25, -0.2) is 4.98 Å². The lowest BCUT2D eigenvalue weighted by atomic mass is 10.2. The fourth-order valence-electron chi connectivity index (χ4n) is 2.87. The first-order chi connectivity index (χ1) is 12.9. The monoisotopic (exact) mass is 363 g/mol. The minimum absolute atomic E-state index is 0.00786. The van der Waals surface area contributed by atoms with Crippen LogP contribution in [0.4, 0.5) is 27.4 Å². The second-order valence-corrected chi connectivity index (χ2v) is 6.31. The van der Waals surface area contributed by atoms with Crippen molar-refractivity contribution in [2.75, 3.05) is 16.8 Å². The lowest BCUT2D eigenvalue weighted by Crippen LogP contribution is -2.10. The number of halogens is 1. The van der Waals surface area contributed by atoms with Gasteiger partial charge >= 0.3 is 0 Å². The molecule has 0 fully saturated rings. The molecule has 4 aromatic rings. The molecule has 0 aliphatic heterocycles. The molecule has 2 aromatic carbocycles. The van der Waals surface area contributed by atoms with Crippen LogP contribution in [-0.4, -0.2) is 19.5 Å². The molecule has 0 bridgehead atoms. The molecule has 0 atom stereocenters. The number of nitrogens with two attached hydrogens (primary N) is 2. The molecule has 0 radical (unpaired) electrons. The van der Waals surface area contributed by atoms with Crippen LogP contribution >= 0.6 is 0 Å². The summed E-state index contributed by atoms with van der Waals surface area (Å²) in [7, 11) is 0. The lowest BCUT2D eigenvalue weighted by molar-refractivity contribution is 0.622. The highest BCUT2D eigenvalue weighted by atomic mass is 19.1. The lowest BCUT2D eigenvalue weighted by Gasteiger charge is -2.12. The van der Waals surface area contributed by atoms with Gasteiger partial charge < -0.3 is 16.8 Å². The molecule has 4 rings (SSSR count). The molecule has 0 aliphatic carbocycles. The van der Waals surface area contributed by atoms with E-state index < -0.39 is 5.82 Å². The maximum absolute atomic E-state index is 14.5. The Labute approximate surface area is 154 Å². The Morgan fingerprint density at radius 3 is 2.44 bits per heavy atom. The van der Waals surface area contributed by atoms with Crippen LogP contribution in [-0.2, 0) is 0 Å².